The largest absolute Gasteiger partial charge is 0.486 e. The molecule has 1 saturated heterocycles. The summed E-state index contributed by atoms with van der Waals surface area (Å²) in [5.41, 5.74) is 0.838. The van der Waals surface area contributed by atoms with Gasteiger partial charge in [0.05, 0.1) is 13.0 Å². The van der Waals surface area contributed by atoms with E-state index >= 15 is 0 Å². The molecule has 1 amide bonds. The highest BCUT2D eigenvalue weighted by Gasteiger charge is 2.28. The zero-order valence-electron chi connectivity index (χ0n) is 15.3. The van der Waals surface area contributed by atoms with Crippen LogP contribution in [0.5, 0.6) is 11.5 Å². The number of ether oxygens (including phenoxy) is 2. The Kier molecular flexibility index (Phi) is 5.56. The van der Waals surface area contributed by atoms with Crippen LogP contribution in [0.3, 0.4) is 0 Å². The van der Waals surface area contributed by atoms with Crippen molar-refractivity contribution < 1.29 is 22.7 Å². The molecule has 2 aliphatic heterocycles. The molecule has 2 aromatic rings. The van der Waals surface area contributed by atoms with Crippen LogP contribution in [0, 0.1) is 0 Å². The molecular weight excluding hydrogens is 400 g/mol. The minimum absolute atomic E-state index is 0.131. The first kappa shape index (κ1) is 19.2. The van der Waals surface area contributed by atoms with E-state index in [2.05, 4.69) is 5.32 Å². The Labute approximate surface area is 168 Å². The van der Waals surface area contributed by atoms with Crippen LogP contribution in [0.15, 0.2) is 34.5 Å². The van der Waals surface area contributed by atoms with Gasteiger partial charge in [0.1, 0.15) is 17.4 Å². The van der Waals surface area contributed by atoms with E-state index in [1.54, 1.807) is 12.1 Å². The van der Waals surface area contributed by atoms with Crippen LogP contribution in [-0.2, 0) is 27.8 Å². The fraction of sp³-hybridized carbons (Fsp3) is 0.421. The molecule has 0 aliphatic carbocycles. The summed E-state index contributed by atoms with van der Waals surface area (Å²) in [6, 6.07) is 8.86. The van der Waals surface area contributed by atoms with Gasteiger partial charge in [-0.3, -0.25) is 4.79 Å². The third-order valence-electron chi connectivity index (χ3n) is 4.73. The molecule has 28 heavy (non-hydrogen) atoms. The second-order valence-electron chi connectivity index (χ2n) is 6.76. The lowest BCUT2D eigenvalue weighted by molar-refractivity contribution is -0.120. The number of fused-ring (bicyclic) bond motifs is 1. The molecule has 0 saturated carbocycles. The topological polar surface area (TPSA) is 84.9 Å². The summed E-state index contributed by atoms with van der Waals surface area (Å²) in [5, 5.41) is 2.85. The van der Waals surface area contributed by atoms with Gasteiger partial charge in [-0.25, -0.2) is 8.42 Å². The van der Waals surface area contributed by atoms with Crippen molar-refractivity contribution in [3.63, 3.8) is 0 Å². The second kappa shape index (κ2) is 8.10. The van der Waals surface area contributed by atoms with Gasteiger partial charge >= 0.3 is 0 Å². The van der Waals surface area contributed by atoms with Crippen LogP contribution in [0.2, 0.25) is 0 Å². The van der Waals surface area contributed by atoms with E-state index in [4.69, 9.17) is 9.47 Å². The number of rotatable bonds is 6. The number of nitrogens with zero attached hydrogens (tertiary/aromatic N) is 1. The van der Waals surface area contributed by atoms with Crippen LogP contribution in [0.4, 0.5) is 0 Å². The van der Waals surface area contributed by atoms with Crippen molar-refractivity contribution in [3.8, 4) is 11.5 Å². The van der Waals surface area contributed by atoms with Crippen LogP contribution in [-0.4, -0.2) is 44.9 Å². The van der Waals surface area contributed by atoms with Crippen molar-refractivity contribution in [3.05, 3.63) is 40.8 Å². The number of hydrogen-bond donors (Lipinski definition) is 1. The van der Waals surface area contributed by atoms with E-state index in [-0.39, 0.29) is 12.3 Å². The Morgan fingerprint density at radius 2 is 1.82 bits per heavy atom. The van der Waals surface area contributed by atoms with Crippen molar-refractivity contribution in [1.29, 1.82) is 0 Å². The Morgan fingerprint density at radius 1 is 1.07 bits per heavy atom. The predicted molar refractivity (Wildman–Crippen MR) is 105 cm³/mol. The summed E-state index contributed by atoms with van der Waals surface area (Å²) < 4.78 is 38.0. The van der Waals surface area contributed by atoms with Crippen molar-refractivity contribution in [2.45, 2.75) is 30.0 Å². The molecule has 0 radical (unpaired) electrons. The van der Waals surface area contributed by atoms with E-state index in [0.717, 1.165) is 23.3 Å². The lowest BCUT2D eigenvalue weighted by Crippen LogP contribution is -2.27. The first-order valence-corrected chi connectivity index (χ1v) is 11.5. The highest BCUT2D eigenvalue weighted by atomic mass is 32.2. The minimum atomic E-state index is -3.40. The molecule has 0 bridgehead atoms. The Morgan fingerprint density at radius 3 is 2.61 bits per heavy atom. The number of carbonyl (C=O) groups excluding carboxylic acids is 1. The Balaban J connectivity index is 1.33. The number of thiophene rings is 1. The summed E-state index contributed by atoms with van der Waals surface area (Å²) in [5.74, 6) is 1.22. The van der Waals surface area contributed by atoms with Gasteiger partial charge in [0.15, 0.2) is 11.5 Å². The molecule has 0 unspecified atom stereocenters. The van der Waals surface area contributed by atoms with Gasteiger partial charge in [0, 0.05) is 18.0 Å². The predicted octanol–water partition coefficient (Wildman–Crippen LogP) is 2.16. The quantitative estimate of drug-likeness (QED) is 0.771. The monoisotopic (exact) mass is 422 g/mol. The van der Waals surface area contributed by atoms with Crippen molar-refractivity contribution >= 4 is 27.3 Å². The maximum absolute atomic E-state index is 12.6. The normalized spacial score (nSPS) is 16.9. The summed E-state index contributed by atoms with van der Waals surface area (Å²) >= 11 is 1.21. The van der Waals surface area contributed by atoms with E-state index in [9.17, 15) is 13.2 Å². The van der Waals surface area contributed by atoms with Gasteiger partial charge in [-0.2, -0.15) is 4.31 Å². The van der Waals surface area contributed by atoms with Gasteiger partial charge in [-0.05, 0) is 42.7 Å². The third kappa shape index (κ3) is 4.16. The molecular formula is C19H22N2O5S2. The molecule has 7 nitrogen and oxygen atoms in total. The van der Waals surface area contributed by atoms with Gasteiger partial charge in [-0.1, -0.05) is 6.07 Å². The molecule has 1 aromatic heterocycles. The minimum Gasteiger partial charge on any atom is -0.486 e. The molecule has 4 rings (SSSR count). The third-order valence-corrected chi connectivity index (χ3v) is 8.18. The SMILES string of the molecule is O=C(Cc1ccc2c(c1)OCCO2)NCc1ccc(S(=O)(=O)N2CCCC2)s1. The smallest absolute Gasteiger partial charge is 0.252 e. The molecule has 3 heterocycles. The number of sulfonamides is 1. The van der Waals surface area contributed by atoms with Gasteiger partial charge in [0.2, 0.25) is 5.91 Å². The molecule has 2 aliphatic rings. The standard InChI is InChI=1S/C19H22N2O5S2/c22-18(12-14-3-5-16-17(11-14)26-10-9-25-16)20-13-15-4-6-19(27-15)28(23,24)21-7-1-2-8-21/h3-6,11H,1-2,7-10,12-13H2,(H,20,22). The van der Waals surface area contributed by atoms with Crippen LogP contribution in [0.1, 0.15) is 23.3 Å². The molecule has 1 aromatic carbocycles. The first-order valence-electron chi connectivity index (χ1n) is 9.26. The summed E-state index contributed by atoms with van der Waals surface area (Å²) in [6.07, 6.45) is 2.04. The van der Waals surface area contributed by atoms with E-state index < -0.39 is 10.0 Å². The number of nitrogens with one attached hydrogen (secondary N) is 1. The Bertz CT molecular complexity index is 964. The summed E-state index contributed by atoms with van der Waals surface area (Å²) in [4.78, 5) is 13.1. The fourth-order valence-corrected chi connectivity index (χ4v) is 6.25. The average Bonchev–Trinajstić information content (AvgIpc) is 3.39. The molecule has 150 valence electrons. The van der Waals surface area contributed by atoms with Crippen molar-refractivity contribution in [2.24, 2.45) is 0 Å². The molecule has 1 N–H and O–H groups in total. The maximum atomic E-state index is 12.6. The number of hydrogen-bond acceptors (Lipinski definition) is 6. The van der Waals surface area contributed by atoms with Gasteiger partial charge < -0.3 is 14.8 Å². The number of amides is 1. The van der Waals surface area contributed by atoms with Crippen LogP contribution in [0.25, 0.3) is 0 Å². The fourth-order valence-electron chi connectivity index (χ4n) is 3.28. The first-order chi connectivity index (χ1) is 13.5. The zero-order chi connectivity index (χ0) is 19.6. The lowest BCUT2D eigenvalue weighted by atomic mass is 10.1. The summed E-state index contributed by atoms with van der Waals surface area (Å²) in [7, 11) is -3.40. The molecule has 9 heteroatoms. The highest BCUT2D eigenvalue weighted by Crippen LogP contribution is 2.31. The number of benzene rings is 1. The zero-order valence-corrected chi connectivity index (χ0v) is 17.0. The van der Waals surface area contributed by atoms with Crippen molar-refractivity contribution in [1.82, 2.24) is 9.62 Å². The van der Waals surface area contributed by atoms with E-state index in [0.29, 0.717) is 48.6 Å². The van der Waals surface area contributed by atoms with Gasteiger partial charge in [-0.15, -0.1) is 11.3 Å². The number of carbonyl (C=O) groups is 1. The molecule has 0 spiro atoms. The maximum Gasteiger partial charge on any atom is 0.252 e. The molecule has 0 atom stereocenters. The van der Waals surface area contributed by atoms with Crippen molar-refractivity contribution in [2.75, 3.05) is 26.3 Å². The van der Waals surface area contributed by atoms with Crippen LogP contribution < -0.4 is 14.8 Å². The summed E-state index contributed by atoms with van der Waals surface area (Å²) in [6.45, 7) is 2.51. The van der Waals surface area contributed by atoms with E-state index in [1.807, 2.05) is 18.2 Å². The molecule has 1 fully saturated rings. The van der Waals surface area contributed by atoms with Crippen LogP contribution >= 0.6 is 11.3 Å². The average molecular weight is 423 g/mol. The Hall–Kier alpha value is -2.10. The lowest BCUT2D eigenvalue weighted by Gasteiger charge is -2.18. The van der Waals surface area contributed by atoms with E-state index in [1.165, 1.54) is 15.6 Å². The second-order valence-corrected chi connectivity index (χ2v) is 10.1. The van der Waals surface area contributed by atoms with Gasteiger partial charge in [0.25, 0.3) is 10.0 Å². The highest BCUT2D eigenvalue weighted by molar-refractivity contribution is 7.91.